The van der Waals surface area contributed by atoms with Crippen molar-refractivity contribution in [3.05, 3.63) is 64.9 Å². The Balaban J connectivity index is 1.75. The molecule has 192 valence electrons. The minimum Gasteiger partial charge on any atom is -0.333 e. The fraction of sp³-hybridized carbons (Fsp3) is 0.400. The molecule has 11 heteroatoms. The highest BCUT2D eigenvalue weighted by molar-refractivity contribution is 7.92. The molecule has 0 atom stereocenters. The van der Waals surface area contributed by atoms with Crippen molar-refractivity contribution in [2.45, 2.75) is 32.9 Å². The SMILES string of the molecule is CC(C)N1CCCN(S(C)(=O)=O)c2cc(Cl)ccc2CN(C(=O)c2cccc(-c3ncn[nH]3)c2)CC1. The van der Waals surface area contributed by atoms with Crippen LogP contribution in [0.4, 0.5) is 5.69 Å². The van der Waals surface area contributed by atoms with Gasteiger partial charge in [0, 0.05) is 54.9 Å². The van der Waals surface area contributed by atoms with Crippen LogP contribution in [0.25, 0.3) is 11.4 Å². The Morgan fingerprint density at radius 2 is 1.89 bits per heavy atom. The van der Waals surface area contributed by atoms with E-state index in [4.69, 9.17) is 11.6 Å². The average molecular weight is 531 g/mol. The first-order chi connectivity index (χ1) is 17.1. The molecule has 3 aromatic rings. The summed E-state index contributed by atoms with van der Waals surface area (Å²) in [5, 5.41) is 7.17. The summed E-state index contributed by atoms with van der Waals surface area (Å²) in [6.07, 6.45) is 3.29. The molecule has 1 aromatic heterocycles. The van der Waals surface area contributed by atoms with Gasteiger partial charge in [0.15, 0.2) is 5.82 Å². The van der Waals surface area contributed by atoms with Gasteiger partial charge in [0.25, 0.3) is 5.91 Å². The van der Waals surface area contributed by atoms with Crippen LogP contribution in [0, 0.1) is 0 Å². The van der Waals surface area contributed by atoms with E-state index >= 15 is 0 Å². The Kier molecular flexibility index (Phi) is 7.97. The fourth-order valence-electron chi connectivity index (χ4n) is 4.45. The van der Waals surface area contributed by atoms with Crippen molar-refractivity contribution in [1.29, 1.82) is 0 Å². The number of carbonyl (C=O) groups excluding carboxylic acids is 1. The van der Waals surface area contributed by atoms with Crippen LogP contribution in [0.15, 0.2) is 48.8 Å². The summed E-state index contributed by atoms with van der Waals surface area (Å²) in [5.41, 5.74) is 2.51. The maximum Gasteiger partial charge on any atom is 0.254 e. The fourth-order valence-corrected chi connectivity index (χ4v) is 5.60. The van der Waals surface area contributed by atoms with Gasteiger partial charge < -0.3 is 4.90 Å². The number of rotatable bonds is 4. The second kappa shape index (κ2) is 11.0. The molecule has 4 rings (SSSR count). The van der Waals surface area contributed by atoms with Crippen LogP contribution in [0.5, 0.6) is 0 Å². The molecule has 0 aliphatic carbocycles. The first kappa shape index (κ1) is 26.1. The topological polar surface area (TPSA) is 102 Å². The molecule has 36 heavy (non-hydrogen) atoms. The summed E-state index contributed by atoms with van der Waals surface area (Å²) in [6.45, 7) is 6.67. The van der Waals surface area contributed by atoms with Crippen LogP contribution in [0.3, 0.4) is 0 Å². The monoisotopic (exact) mass is 530 g/mol. The summed E-state index contributed by atoms with van der Waals surface area (Å²) in [7, 11) is -3.56. The van der Waals surface area contributed by atoms with Crippen LogP contribution in [-0.2, 0) is 16.6 Å². The average Bonchev–Trinajstić information content (AvgIpc) is 3.36. The van der Waals surface area contributed by atoms with Crippen LogP contribution in [0.2, 0.25) is 5.02 Å². The number of hydrogen-bond donors (Lipinski definition) is 1. The molecule has 1 aliphatic heterocycles. The Hall–Kier alpha value is -2.95. The number of nitrogens with zero attached hydrogens (tertiary/aromatic N) is 5. The molecule has 0 spiro atoms. The van der Waals surface area contributed by atoms with E-state index in [0.29, 0.717) is 54.7 Å². The van der Waals surface area contributed by atoms with Crippen LogP contribution in [-0.4, -0.2) is 77.8 Å². The Morgan fingerprint density at radius 1 is 1.08 bits per heavy atom. The molecule has 0 unspecified atom stereocenters. The third-order valence-electron chi connectivity index (χ3n) is 6.36. The van der Waals surface area contributed by atoms with E-state index in [1.807, 2.05) is 12.1 Å². The number of fused-ring (bicyclic) bond motifs is 1. The molecular weight excluding hydrogens is 500 g/mol. The van der Waals surface area contributed by atoms with E-state index in [0.717, 1.165) is 11.1 Å². The zero-order valence-electron chi connectivity index (χ0n) is 20.7. The molecule has 0 saturated heterocycles. The van der Waals surface area contributed by atoms with E-state index in [2.05, 4.69) is 33.9 Å². The summed E-state index contributed by atoms with van der Waals surface area (Å²) >= 11 is 6.29. The van der Waals surface area contributed by atoms with Crippen LogP contribution < -0.4 is 4.31 Å². The number of sulfonamides is 1. The number of nitrogens with one attached hydrogen (secondary N) is 1. The van der Waals surface area contributed by atoms with Crippen molar-refractivity contribution in [1.82, 2.24) is 25.0 Å². The highest BCUT2D eigenvalue weighted by Gasteiger charge is 2.26. The van der Waals surface area contributed by atoms with Crippen molar-refractivity contribution in [3.63, 3.8) is 0 Å². The zero-order valence-corrected chi connectivity index (χ0v) is 22.3. The molecule has 1 amide bonds. The van der Waals surface area contributed by atoms with Gasteiger partial charge in [0.1, 0.15) is 6.33 Å². The second-order valence-electron chi connectivity index (χ2n) is 9.23. The molecular formula is C25H31ClN6O3S. The Morgan fingerprint density at radius 3 is 2.58 bits per heavy atom. The van der Waals surface area contributed by atoms with Gasteiger partial charge in [-0.3, -0.25) is 19.1 Å². The predicted octanol–water partition coefficient (Wildman–Crippen LogP) is 3.65. The first-order valence-corrected chi connectivity index (χ1v) is 14.1. The lowest BCUT2D eigenvalue weighted by Crippen LogP contribution is -2.41. The highest BCUT2D eigenvalue weighted by atomic mass is 35.5. The van der Waals surface area contributed by atoms with Gasteiger partial charge in [-0.2, -0.15) is 5.10 Å². The number of H-pyrrole nitrogens is 1. The lowest BCUT2D eigenvalue weighted by molar-refractivity contribution is 0.0712. The number of anilines is 1. The lowest BCUT2D eigenvalue weighted by atomic mass is 10.1. The molecule has 0 radical (unpaired) electrons. The first-order valence-electron chi connectivity index (χ1n) is 11.9. The van der Waals surface area contributed by atoms with Crippen molar-refractivity contribution in [2.75, 3.05) is 36.7 Å². The zero-order chi connectivity index (χ0) is 25.9. The summed E-state index contributed by atoms with van der Waals surface area (Å²) in [6, 6.07) is 12.7. The molecule has 0 saturated carbocycles. The molecule has 0 fully saturated rings. The normalized spacial score (nSPS) is 16.0. The van der Waals surface area contributed by atoms with E-state index in [1.165, 1.54) is 16.9 Å². The van der Waals surface area contributed by atoms with E-state index < -0.39 is 10.0 Å². The number of amides is 1. The van der Waals surface area contributed by atoms with Crippen LogP contribution in [0.1, 0.15) is 36.2 Å². The largest absolute Gasteiger partial charge is 0.333 e. The smallest absolute Gasteiger partial charge is 0.254 e. The van der Waals surface area contributed by atoms with Crippen molar-refractivity contribution >= 4 is 33.2 Å². The van der Waals surface area contributed by atoms with E-state index in [9.17, 15) is 13.2 Å². The van der Waals surface area contributed by atoms with Gasteiger partial charge in [0.05, 0.1) is 11.9 Å². The van der Waals surface area contributed by atoms with Crippen LogP contribution >= 0.6 is 11.6 Å². The summed E-state index contributed by atoms with van der Waals surface area (Å²) in [4.78, 5) is 22.0. The Bertz CT molecular complexity index is 1310. The number of benzene rings is 2. The molecule has 0 bridgehead atoms. The van der Waals surface area contributed by atoms with Crippen molar-refractivity contribution in [3.8, 4) is 11.4 Å². The highest BCUT2D eigenvalue weighted by Crippen LogP contribution is 2.29. The number of halogens is 1. The third-order valence-corrected chi connectivity index (χ3v) is 7.77. The number of aromatic nitrogens is 3. The van der Waals surface area contributed by atoms with Gasteiger partial charge >= 0.3 is 0 Å². The lowest BCUT2D eigenvalue weighted by Gasteiger charge is -2.30. The third kappa shape index (κ3) is 6.05. The molecule has 2 aromatic carbocycles. The van der Waals surface area contributed by atoms with Crippen molar-refractivity contribution < 1.29 is 13.2 Å². The molecule has 2 heterocycles. The number of hydrogen-bond acceptors (Lipinski definition) is 6. The minimum absolute atomic E-state index is 0.147. The summed E-state index contributed by atoms with van der Waals surface area (Å²) in [5.74, 6) is 0.433. The standard InChI is InChI=1S/C25H31ClN6O3S/c1-18(2)30-10-5-11-32(36(3,34)35)23-15-22(26)9-8-21(23)16-31(13-12-30)25(33)20-7-4-6-19(14-20)24-27-17-28-29-24/h4,6-9,14-15,17-18H,5,10-13,16H2,1-3H3,(H,27,28,29). The minimum atomic E-state index is -3.56. The van der Waals surface area contributed by atoms with Crippen molar-refractivity contribution in [2.24, 2.45) is 0 Å². The number of carbonyl (C=O) groups is 1. The summed E-state index contributed by atoms with van der Waals surface area (Å²) < 4.78 is 27.0. The van der Waals surface area contributed by atoms with E-state index in [1.54, 1.807) is 35.2 Å². The van der Waals surface area contributed by atoms with Gasteiger partial charge in [0.2, 0.25) is 10.0 Å². The van der Waals surface area contributed by atoms with Gasteiger partial charge in [-0.1, -0.05) is 29.8 Å². The second-order valence-corrected chi connectivity index (χ2v) is 11.6. The van der Waals surface area contributed by atoms with Gasteiger partial charge in [-0.05, 0) is 50.1 Å². The Labute approximate surface area is 217 Å². The predicted molar refractivity (Wildman–Crippen MR) is 142 cm³/mol. The number of aromatic amines is 1. The van der Waals surface area contributed by atoms with Gasteiger partial charge in [-0.25, -0.2) is 13.4 Å². The quantitative estimate of drug-likeness (QED) is 0.552. The maximum absolute atomic E-state index is 13.8. The molecule has 1 aliphatic rings. The van der Waals surface area contributed by atoms with Gasteiger partial charge in [-0.15, -0.1) is 0 Å². The molecule has 1 N–H and O–H groups in total. The molecule has 9 nitrogen and oxygen atoms in total. The van der Waals surface area contributed by atoms with E-state index in [-0.39, 0.29) is 18.5 Å². The maximum atomic E-state index is 13.8.